The van der Waals surface area contributed by atoms with E-state index in [0.717, 1.165) is 23.4 Å². The van der Waals surface area contributed by atoms with Crippen LogP contribution in [-0.4, -0.2) is 12.0 Å². The van der Waals surface area contributed by atoms with Gasteiger partial charge in [0.25, 0.3) is 0 Å². The molecule has 3 rings (SSSR count). The summed E-state index contributed by atoms with van der Waals surface area (Å²) in [7, 11) is 1.99. The molecule has 0 spiro atoms. The number of thiazole rings is 1. The molecule has 1 N–H and O–H groups in total. The average molecular weight is 276 g/mol. The van der Waals surface area contributed by atoms with Gasteiger partial charge in [-0.2, -0.15) is 0 Å². The summed E-state index contributed by atoms with van der Waals surface area (Å²) >= 11 is 1.70. The van der Waals surface area contributed by atoms with Gasteiger partial charge in [-0.05, 0) is 44.9 Å². The predicted molar refractivity (Wildman–Crippen MR) is 77.0 cm³/mol. The second kappa shape index (κ2) is 5.02. The number of hydrogen-bond donors (Lipinski definition) is 1. The van der Waals surface area contributed by atoms with Crippen molar-refractivity contribution in [3.63, 3.8) is 0 Å². The maximum atomic E-state index is 13.7. The zero-order valence-electron chi connectivity index (χ0n) is 11.2. The van der Waals surface area contributed by atoms with E-state index >= 15 is 0 Å². The molecular weight excluding hydrogens is 259 g/mol. The Labute approximate surface area is 116 Å². The van der Waals surface area contributed by atoms with Gasteiger partial charge in [0.15, 0.2) is 0 Å². The lowest BCUT2D eigenvalue weighted by Crippen LogP contribution is -2.19. The normalized spacial score (nSPS) is 18.4. The molecule has 1 aromatic heterocycles. The van der Waals surface area contributed by atoms with E-state index in [4.69, 9.17) is 4.98 Å². The van der Waals surface area contributed by atoms with Crippen LogP contribution in [0, 0.1) is 12.7 Å². The maximum absolute atomic E-state index is 13.7. The van der Waals surface area contributed by atoms with Crippen molar-refractivity contribution >= 4 is 11.3 Å². The molecule has 2 nitrogen and oxygen atoms in total. The van der Waals surface area contributed by atoms with Crippen LogP contribution in [0.15, 0.2) is 18.2 Å². The summed E-state index contributed by atoms with van der Waals surface area (Å²) in [4.78, 5) is 6.03. The van der Waals surface area contributed by atoms with Gasteiger partial charge in [-0.15, -0.1) is 11.3 Å². The van der Waals surface area contributed by atoms with E-state index in [1.807, 2.05) is 19.2 Å². The fourth-order valence-electron chi connectivity index (χ4n) is 2.54. The van der Waals surface area contributed by atoms with Gasteiger partial charge in [0.05, 0.1) is 5.69 Å². The smallest absolute Gasteiger partial charge is 0.126 e. The Morgan fingerprint density at radius 1 is 1.42 bits per heavy atom. The van der Waals surface area contributed by atoms with Crippen molar-refractivity contribution in [2.75, 3.05) is 7.05 Å². The van der Waals surface area contributed by atoms with Crippen LogP contribution in [0.3, 0.4) is 0 Å². The van der Waals surface area contributed by atoms with Crippen molar-refractivity contribution in [1.82, 2.24) is 10.3 Å². The first-order chi connectivity index (χ1) is 9.19. The molecular formula is C15H17FN2S. The summed E-state index contributed by atoms with van der Waals surface area (Å²) in [5.74, 6) is -0.157. The lowest BCUT2D eigenvalue weighted by Gasteiger charge is -2.19. The minimum Gasteiger partial charge on any atom is -0.312 e. The second-order valence-corrected chi connectivity index (χ2v) is 6.06. The van der Waals surface area contributed by atoms with Crippen LogP contribution in [0.1, 0.15) is 35.0 Å². The third-order valence-corrected chi connectivity index (χ3v) is 4.98. The number of aromatic nitrogens is 1. The summed E-state index contributed by atoms with van der Waals surface area (Å²) in [5, 5.41) is 4.28. The first-order valence-electron chi connectivity index (χ1n) is 6.62. The molecule has 1 atom stereocenters. The SMILES string of the molecule is CNC1CCCc2nc(-c3ccc(C)c(F)c3)sc21. The summed E-state index contributed by atoms with van der Waals surface area (Å²) in [5.41, 5.74) is 2.75. The van der Waals surface area contributed by atoms with E-state index in [-0.39, 0.29) is 5.82 Å². The summed E-state index contributed by atoms with van der Waals surface area (Å²) in [6.07, 6.45) is 3.37. The highest BCUT2D eigenvalue weighted by Crippen LogP contribution is 2.37. The van der Waals surface area contributed by atoms with E-state index in [9.17, 15) is 4.39 Å². The Morgan fingerprint density at radius 2 is 2.26 bits per heavy atom. The molecule has 1 heterocycles. The average Bonchev–Trinajstić information content (AvgIpc) is 2.85. The quantitative estimate of drug-likeness (QED) is 0.901. The topological polar surface area (TPSA) is 24.9 Å². The molecule has 100 valence electrons. The third-order valence-electron chi connectivity index (χ3n) is 3.72. The van der Waals surface area contributed by atoms with Crippen molar-refractivity contribution in [2.24, 2.45) is 0 Å². The number of fused-ring (bicyclic) bond motifs is 1. The van der Waals surface area contributed by atoms with Crippen LogP contribution in [0.4, 0.5) is 4.39 Å². The zero-order chi connectivity index (χ0) is 13.4. The number of nitrogens with zero attached hydrogens (tertiary/aromatic N) is 1. The Kier molecular flexibility index (Phi) is 3.37. The molecule has 0 radical (unpaired) electrons. The molecule has 19 heavy (non-hydrogen) atoms. The first-order valence-corrected chi connectivity index (χ1v) is 7.44. The van der Waals surface area contributed by atoms with E-state index in [2.05, 4.69) is 5.32 Å². The molecule has 1 aliphatic carbocycles. The number of hydrogen-bond acceptors (Lipinski definition) is 3. The number of nitrogens with one attached hydrogen (secondary N) is 1. The van der Waals surface area contributed by atoms with Crippen molar-refractivity contribution in [3.05, 3.63) is 40.2 Å². The largest absolute Gasteiger partial charge is 0.312 e. The molecule has 0 bridgehead atoms. The first kappa shape index (κ1) is 12.8. The van der Waals surface area contributed by atoms with Gasteiger partial charge in [0.2, 0.25) is 0 Å². The van der Waals surface area contributed by atoms with Crippen LogP contribution in [0.5, 0.6) is 0 Å². The molecule has 0 fully saturated rings. The van der Waals surface area contributed by atoms with E-state index in [1.165, 1.54) is 17.0 Å². The van der Waals surface area contributed by atoms with Crippen LogP contribution in [-0.2, 0) is 6.42 Å². The monoisotopic (exact) mass is 276 g/mol. The van der Waals surface area contributed by atoms with Gasteiger partial charge in [0, 0.05) is 16.5 Å². The van der Waals surface area contributed by atoms with Gasteiger partial charge < -0.3 is 5.32 Å². The molecule has 1 aliphatic rings. The molecule has 1 aromatic carbocycles. The highest BCUT2D eigenvalue weighted by atomic mass is 32.1. The third kappa shape index (κ3) is 2.30. The lowest BCUT2D eigenvalue weighted by atomic mass is 9.98. The van der Waals surface area contributed by atoms with Crippen molar-refractivity contribution in [1.29, 1.82) is 0 Å². The Hall–Kier alpha value is -1.26. The van der Waals surface area contributed by atoms with E-state index in [0.29, 0.717) is 11.6 Å². The number of benzene rings is 1. The van der Waals surface area contributed by atoms with Crippen LogP contribution in [0.2, 0.25) is 0 Å². The van der Waals surface area contributed by atoms with Crippen molar-refractivity contribution in [3.8, 4) is 10.6 Å². The highest BCUT2D eigenvalue weighted by molar-refractivity contribution is 7.15. The van der Waals surface area contributed by atoms with Crippen LogP contribution >= 0.6 is 11.3 Å². The van der Waals surface area contributed by atoms with Crippen molar-refractivity contribution in [2.45, 2.75) is 32.2 Å². The standard InChI is InChI=1S/C15H17FN2S/c1-9-6-7-10(8-11(9)16)15-18-13-5-3-4-12(17-2)14(13)19-15/h6-8,12,17H,3-5H2,1-2H3. The maximum Gasteiger partial charge on any atom is 0.126 e. The Morgan fingerprint density at radius 3 is 3.00 bits per heavy atom. The minimum atomic E-state index is -0.157. The predicted octanol–water partition coefficient (Wildman–Crippen LogP) is 3.85. The molecule has 0 amide bonds. The Balaban J connectivity index is 2.02. The molecule has 4 heteroatoms. The van der Waals surface area contributed by atoms with Crippen LogP contribution in [0.25, 0.3) is 10.6 Å². The summed E-state index contributed by atoms with van der Waals surface area (Å²) in [6, 6.07) is 5.77. The van der Waals surface area contributed by atoms with Crippen LogP contribution < -0.4 is 5.32 Å². The molecule has 1 unspecified atom stereocenters. The zero-order valence-corrected chi connectivity index (χ0v) is 12.0. The van der Waals surface area contributed by atoms with Gasteiger partial charge >= 0.3 is 0 Å². The Bertz CT molecular complexity index is 606. The summed E-state index contributed by atoms with van der Waals surface area (Å²) in [6.45, 7) is 1.78. The van der Waals surface area contributed by atoms with Gasteiger partial charge in [-0.3, -0.25) is 0 Å². The van der Waals surface area contributed by atoms with E-state index < -0.39 is 0 Å². The molecule has 0 aliphatic heterocycles. The second-order valence-electron chi connectivity index (χ2n) is 5.03. The summed E-state index contributed by atoms with van der Waals surface area (Å²) < 4.78 is 13.7. The minimum absolute atomic E-state index is 0.157. The molecule has 0 saturated heterocycles. The van der Waals surface area contributed by atoms with Gasteiger partial charge in [0.1, 0.15) is 10.8 Å². The molecule has 0 saturated carbocycles. The van der Waals surface area contributed by atoms with Crippen molar-refractivity contribution < 1.29 is 4.39 Å². The number of rotatable bonds is 2. The van der Waals surface area contributed by atoms with E-state index in [1.54, 1.807) is 24.3 Å². The van der Waals surface area contributed by atoms with Gasteiger partial charge in [-0.1, -0.05) is 12.1 Å². The number of aryl methyl sites for hydroxylation is 2. The van der Waals surface area contributed by atoms with Gasteiger partial charge in [-0.25, -0.2) is 9.37 Å². The highest BCUT2D eigenvalue weighted by Gasteiger charge is 2.23. The lowest BCUT2D eigenvalue weighted by molar-refractivity contribution is 0.501. The number of halogens is 1. The fourth-order valence-corrected chi connectivity index (χ4v) is 3.80. The fraction of sp³-hybridized carbons (Fsp3) is 0.400. The molecule has 2 aromatic rings.